The van der Waals surface area contributed by atoms with E-state index in [1.54, 1.807) is 18.2 Å². The zero-order chi connectivity index (χ0) is 13.8. The van der Waals surface area contributed by atoms with Gasteiger partial charge in [0.25, 0.3) is 5.91 Å². The topological polar surface area (TPSA) is 55.1 Å². The molecule has 3 nitrogen and oxygen atoms in total. The first-order valence-corrected chi connectivity index (χ1v) is 6.35. The largest absolute Gasteiger partial charge is 0.326 e. The van der Waals surface area contributed by atoms with Gasteiger partial charge in [0.05, 0.1) is 0 Å². The predicted molar refractivity (Wildman–Crippen MR) is 78.5 cm³/mol. The fourth-order valence-electron chi connectivity index (χ4n) is 1.85. The number of halogens is 1. The standard InChI is InChI=1S/C15H15ClN2O/c1-10-13(16)7-4-8-14(10)18-15(19)12-6-3-2-5-11(12)9-17/h2-8H,9,17H2,1H3,(H,18,19). The third kappa shape index (κ3) is 2.95. The Balaban J connectivity index is 2.28. The number of nitrogens with one attached hydrogen (secondary N) is 1. The highest BCUT2D eigenvalue weighted by Crippen LogP contribution is 2.23. The molecule has 0 saturated heterocycles. The molecule has 0 aliphatic heterocycles. The van der Waals surface area contributed by atoms with Crippen molar-refractivity contribution < 1.29 is 4.79 Å². The van der Waals surface area contributed by atoms with Gasteiger partial charge >= 0.3 is 0 Å². The van der Waals surface area contributed by atoms with Crippen molar-refractivity contribution in [2.75, 3.05) is 5.32 Å². The minimum atomic E-state index is -0.175. The second-order valence-electron chi connectivity index (χ2n) is 4.23. The number of benzene rings is 2. The smallest absolute Gasteiger partial charge is 0.255 e. The summed E-state index contributed by atoms with van der Waals surface area (Å²) < 4.78 is 0. The van der Waals surface area contributed by atoms with Gasteiger partial charge in [0.15, 0.2) is 0 Å². The molecule has 0 aliphatic rings. The van der Waals surface area contributed by atoms with Gasteiger partial charge in [-0.25, -0.2) is 0 Å². The number of amides is 1. The summed E-state index contributed by atoms with van der Waals surface area (Å²) in [6, 6.07) is 12.7. The Morgan fingerprint density at radius 1 is 1.21 bits per heavy atom. The normalized spacial score (nSPS) is 10.3. The number of rotatable bonds is 3. The van der Waals surface area contributed by atoms with Crippen LogP contribution in [0.2, 0.25) is 5.02 Å². The maximum absolute atomic E-state index is 12.2. The van der Waals surface area contributed by atoms with Gasteiger partial charge in [-0.05, 0) is 36.2 Å². The van der Waals surface area contributed by atoms with Gasteiger partial charge in [-0.3, -0.25) is 4.79 Å². The van der Waals surface area contributed by atoms with E-state index in [4.69, 9.17) is 17.3 Å². The molecule has 3 N–H and O–H groups in total. The number of carbonyl (C=O) groups is 1. The quantitative estimate of drug-likeness (QED) is 0.902. The van der Waals surface area contributed by atoms with Gasteiger partial charge < -0.3 is 11.1 Å². The first-order chi connectivity index (χ1) is 9.13. The lowest BCUT2D eigenvalue weighted by atomic mass is 10.1. The Morgan fingerprint density at radius 2 is 1.95 bits per heavy atom. The van der Waals surface area contributed by atoms with Crippen LogP contribution in [-0.4, -0.2) is 5.91 Å². The highest BCUT2D eigenvalue weighted by molar-refractivity contribution is 6.31. The van der Waals surface area contributed by atoms with Crippen molar-refractivity contribution >= 4 is 23.2 Å². The van der Waals surface area contributed by atoms with Crippen LogP contribution in [0.5, 0.6) is 0 Å². The summed E-state index contributed by atoms with van der Waals surface area (Å²) >= 11 is 6.03. The second kappa shape index (κ2) is 5.87. The summed E-state index contributed by atoms with van der Waals surface area (Å²) in [5, 5.41) is 3.49. The molecule has 0 fully saturated rings. The Morgan fingerprint density at radius 3 is 2.68 bits per heavy atom. The molecule has 4 heteroatoms. The minimum Gasteiger partial charge on any atom is -0.326 e. The maximum Gasteiger partial charge on any atom is 0.255 e. The molecule has 0 aliphatic carbocycles. The molecule has 0 aromatic heterocycles. The van der Waals surface area contributed by atoms with Crippen molar-refractivity contribution in [1.82, 2.24) is 0 Å². The summed E-state index contributed by atoms with van der Waals surface area (Å²) in [6.45, 7) is 2.20. The lowest BCUT2D eigenvalue weighted by molar-refractivity contribution is 0.102. The van der Waals surface area contributed by atoms with Gasteiger partial charge in [0.2, 0.25) is 0 Å². The van der Waals surface area contributed by atoms with Crippen LogP contribution in [0, 0.1) is 6.92 Å². The van der Waals surface area contributed by atoms with Crippen molar-refractivity contribution in [3.05, 3.63) is 64.2 Å². The fraction of sp³-hybridized carbons (Fsp3) is 0.133. The molecule has 19 heavy (non-hydrogen) atoms. The van der Waals surface area contributed by atoms with Crippen LogP contribution in [0.25, 0.3) is 0 Å². The van der Waals surface area contributed by atoms with E-state index in [2.05, 4.69) is 5.32 Å². The third-order valence-corrected chi connectivity index (χ3v) is 3.41. The molecular weight excluding hydrogens is 260 g/mol. The van der Waals surface area contributed by atoms with E-state index in [1.165, 1.54) is 0 Å². The zero-order valence-electron chi connectivity index (χ0n) is 10.6. The molecule has 0 spiro atoms. The monoisotopic (exact) mass is 274 g/mol. The molecule has 2 aromatic carbocycles. The van der Waals surface area contributed by atoms with E-state index >= 15 is 0 Å². The van der Waals surface area contributed by atoms with E-state index in [-0.39, 0.29) is 5.91 Å². The molecule has 2 rings (SSSR count). The van der Waals surface area contributed by atoms with Gasteiger partial charge in [-0.2, -0.15) is 0 Å². The van der Waals surface area contributed by atoms with Crippen LogP contribution < -0.4 is 11.1 Å². The minimum absolute atomic E-state index is 0.175. The zero-order valence-corrected chi connectivity index (χ0v) is 11.4. The van der Waals surface area contributed by atoms with E-state index in [0.717, 1.165) is 11.1 Å². The van der Waals surface area contributed by atoms with Crippen LogP contribution in [0.15, 0.2) is 42.5 Å². The molecule has 1 amide bonds. The predicted octanol–water partition coefficient (Wildman–Crippen LogP) is 3.36. The van der Waals surface area contributed by atoms with Crippen molar-refractivity contribution in [1.29, 1.82) is 0 Å². The van der Waals surface area contributed by atoms with Crippen LogP contribution in [0.1, 0.15) is 21.5 Å². The summed E-state index contributed by atoms with van der Waals surface area (Å²) in [5.41, 5.74) is 8.60. The Bertz CT molecular complexity index is 611. The van der Waals surface area contributed by atoms with E-state index in [9.17, 15) is 4.79 Å². The molecule has 0 radical (unpaired) electrons. The van der Waals surface area contributed by atoms with Crippen LogP contribution in [0.4, 0.5) is 5.69 Å². The average Bonchev–Trinajstić information content (AvgIpc) is 2.43. The van der Waals surface area contributed by atoms with Crippen molar-refractivity contribution in [3.63, 3.8) is 0 Å². The molecule has 0 bridgehead atoms. The number of hydrogen-bond acceptors (Lipinski definition) is 2. The van der Waals surface area contributed by atoms with Gasteiger partial charge in [0.1, 0.15) is 0 Å². The summed E-state index contributed by atoms with van der Waals surface area (Å²) in [6.07, 6.45) is 0. The molecule has 98 valence electrons. The van der Waals surface area contributed by atoms with Crippen LogP contribution >= 0.6 is 11.6 Å². The molecule has 0 unspecified atom stereocenters. The van der Waals surface area contributed by atoms with Crippen molar-refractivity contribution in [2.45, 2.75) is 13.5 Å². The Kier molecular flexibility index (Phi) is 4.20. The number of anilines is 1. The Labute approximate surface area is 117 Å². The average molecular weight is 275 g/mol. The second-order valence-corrected chi connectivity index (χ2v) is 4.63. The number of nitrogens with two attached hydrogens (primary N) is 1. The molecule has 0 saturated carbocycles. The highest BCUT2D eigenvalue weighted by atomic mass is 35.5. The van der Waals surface area contributed by atoms with E-state index < -0.39 is 0 Å². The number of carbonyl (C=O) groups excluding carboxylic acids is 1. The Hall–Kier alpha value is -1.84. The maximum atomic E-state index is 12.2. The highest BCUT2D eigenvalue weighted by Gasteiger charge is 2.11. The van der Waals surface area contributed by atoms with E-state index in [1.807, 2.05) is 31.2 Å². The molecule has 0 heterocycles. The van der Waals surface area contributed by atoms with Crippen molar-refractivity contribution in [2.24, 2.45) is 5.73 Å². The van der Waals surface area contributed by atoms with Gasteiger partial charge in [0, 0.05) is 22.8 Å². The lowest BCUT2D eigenvalue weighted by Crippen LogP contribution is -2.16. The fourth-order valence-corrected chi connectivity index (χ4v) is 2.03. The third-order valence-electron chi connectivity index (χ3n) is 3.00. The van der Waals surface area contributed by atoms with Crippen molar-refractivity contribution in [3.8, 4) is 0 Å². The molecule has 0 atom stereocenters. The molecular formula is C15H15ClN2O. The van der Waals surface area contributed by atoms with Gasteiger partial charge in [-0.15, -0.1) is 0 Å². The lowest BCUT2D eigenvalue weighted by Gasteiger charge is -2.11. The molecule has 2 aromatic rings. The van der Waals surface area contributed by atoms with Gasteiger partial charge in [-0.1, -0.05) is 35.9 Å². The van der Waals surface area contributed by atoms with Crippen LogP contribution in [-0.2, 0) is 6.54 Å². The van der Waals surface area contributed by atoms with E-state index in [0.29, 0.717) is 22.8 Å². The summed E-state index contributed by atoms with van der Waals surface area (Å²) in [7, 11) is 0. The summed E-state index contributed by atoms with van der Waals surface area (Å²) in [4.78, 5) is 12.2. The first-order valence-electron chi connectivity index (χ1n) is 5.98. The number of hydrogen-bond donors (Lipinski definition) is 2. The summed E-state index contributed by atoms with van der Waals surface area (Å²) in [5.74, 6) is -0.175. The van der Waals surface area contributed by atoms with Crippen LogP contribution in [0.3, 0.4) is 0 Å². The first kappa shape index (κ1) is 13.6. The SMILES string of the molecule is Cc1c(Cl)cccc1NC(=O)c1ccccc1CN.